The van der Waals surface area contributed by atoms with E-state index in [2.05, 4.69) is 47.1 Å². The molecule has 0 radical (unpaired) electrons. The minimum Gasteiger partial charge on any atom is -0.328 e. The van der Waals surface area contributed by atoms with Crippen LogP contribution in [-0.4, -0.2) is 37.0 Å². The van der Waals surface area contributed by atoms with Crippen LogP contribution in [0, 0.1) is 12.7 Å². The number of carbonyl (C=O) groups is 1. The fraction of sp³-hybridized carbons (Fsp3) is 0.316. The van der Waals surface area contributed by atoms with Crippen molar-refractivity contribution in [1.82, 2.24) is 4.90 Å². The summed E-state index contributed by atoms with van der Waals surface area (Å²) < 4.78 is 14.6. The van der Waals surface area contributed by atoms with Crippen LogP contribution in [-0.2, 0) is 6.54 Å². The maximum absolute atomic E-state index is 14.0. The Kier molecular flexibility index (Phi) is 5.31. The Morgan fingerprint density at radius 1 is 1.21 bits per heavy atom. The first-order valence-electron chi connectivity index (χ1n) is 8.17. The molecule has 0 saturated carbocycles. The van der Waals surface area contributed by atoms with Crippen molar-refractivity contribution in [1.29, 1.82) is 0 Å². The van der Waals surface area contributed by atoms with E-state index in [4.69, 9.17) is 0 Å². The second-order valence-corrected chi connectivity index (χ2v) is 7.19. The minimum atomic E-state index is -0.468. The predicted molar refractivity (Wildman–Crippen MR) is 95.6 cm³/mol. The van der Waals surface area contributed by atoms with E-state index in [1.165, 1.54) is 22.1 Å². The van der Waals surface area contributed by atoms with Gasteiger partial charge in [0, 0.05) is 10.0 Å². The summed E-state index contributed by atoms with van der Waals surface area (Å²) in [4.78, 5) is 15.7. The van der Waals surface area contributed by atoms with Gasteiger partial charge in [0.1, 0.15) is 12.4 Å². The molecule has 3 rings (SSSR count). The molecule has 1 aliphatic rings. The molecule has 1 saturated heterocycles. The molecule has 5 heteroatoms. The fourth-order valence-electron chi connectivity index (χ4n) is 3.11. The molecule has 0 aliphatic carbocycles. The van der Waals surface area contributed by atoms with Crippen molar-refractivity contribution in [3.63, 3.8) is 0 Å². The summed E-state index contributed by atoms with van der Waals surface area (Å²) in [5.74, 6) is -0.681. The summed E-state index contributed by atoms with van der Waals surface area (Å²) in [6.45, 7) is 6.20. The first-order chi connectivity index (χ1) is 11.5. The number of carbonyl (C=O) groups excluding carboxylic acids is 1. The van der Waals surface area contributed by atoms with Crippen molar-refractivity contribution in [2.24, 2.45) is 0 Å². The topological polar surface area (TPSA) is 24.8 Å². The molecule has 3 nitrogen and oxygen atoms in total. The summed E-state index contributed by atoms with van der Waals surface area (Å²) in [7, 11) is 0. The van der Waals surface area contributed by atoms with Crippen LogP contribution in [0.2, 0.25) is 0 Å². The molecular weight excluding hydrogens is 371 g/mol. The van der Waals surface area contributed by atoms with Crippen LogP contribution in [0.5, 0.6) is 0 Å². The number of nitrogens with one attached hydrogen (secondary N) is 1. The molecule has 0 atom stereocenters. The van der Waals surface area contributed by atoms with Gasteiger partial charge < -0.3 is 9.80 Å². The first kappa shape index (κ1) is 17.1. The number of rotatable bonds is 3. The quantitative estimate of drug-likeness (QED) is 0.853. The van der Waals surface area contributed by atoms with E-state index in [0.717, 1.165) is 19.6 Å². The van der Waals surface area contributed by atoms with Crippen LogP contribution in [0.25, 0.3) is 0 Å². The van der Waals surface area contributed by atoms with Crippen LogP contribution in [0.4, 0.5) is 4.39 Å². The number of hydrogen-bond acceptors (Lipinski definition) is 1. The molecule has 1 fully saturated rings. The zero-order valence-electron chi connectivity index (χ0n) is 13.7. The van der Waals surface area contributed by atoms with Crippen molar-refractivity contribution in [3.05, 3.63) is 69.4 Å². The van der Waals surface area contributed by atoms with E-state index in [0.29, 0.717) is 17.6 Å². The number of hydrogen-bond donors (Lipinski definition) is 1. The minimum absolute atomic E-state index is 0.153. The van der Waals surface area contributed by atoms with Crippen LogP contribution in [0.3, 0.4) is 0 Å². The van der Waals surface area contributed by atoms with E-state index in [9.17, 15) is 9.18 Å². The third-order valence-electron chi connectivity index (χ3n) is 4.62. The summed E-state index contributed by atoms with van der Waals surface area (Å²) in [6, 6.07) is 13.0. The summed E-state index contributed by atoms with van der Waals surface area (Å²) in [6.07, 6.45) is 0. The highest BCUT2D eigenvalue weighted by Gasteiger charge is 2.26. The lowest BCUT2D eigenvalue weighted by atomic mass is 10.1. The van der Waals surface area contributed by atoms with Gasteiger partial charge in [-0.05, 0) is 30.7 Å². The molecule has 1 heterocycles. The Morgan fingerprint density at radius 2 is 1.92 bits per heavy atom. The second-order valence-electron chi connectivity index (χ2n) is 6.27. The number of amides is 1. The van der Waals surface area contributed by atoms with Crippen molar-refractivity contribution < 1.29 is 14.1 Å². The number of nitrogens with zero attached hydrogens (tertiary/aromatic N) is 1. The van der Waals surface area contributed by atoms with Crippen molar-refractivity contribution in [2.75, 3.05) is 26.2 Å². The largest absolute Gasteiger partial charge is 0.328 e. The summed E-state index contributed by atoms with van der Waals surface area (Å²) in [5, 5.41) is 0. The van der Waals surface area contributed by atoms with Gasteiger partial charge in [0.05, 0.1) is 31.7 Å². The Balaban J connectivity index is 1.60. The van der Waals surface area contributed by atoms with Gasteiger partial charge in [0.15, 0.2) is 0 Å². The van der Waals surface area contributed by atoms with Gasteiger partial charge in [-0.15, -0.1) is 0 Å². The molecule has 24 heavy (non-hydrogen) atoms. The van der Waals surface area contributed by atoms with Gasteiger partial charge in [-0.2, -0.15) is 0 Å². The highest BCUT2D eigenvalue weighted by Crippen LogP contribution is 2.17. The Bertz CT molecular complexity index is 742. The highest BCUT2D eigenvalue weighted by molar-refractivity contribution is 9.10. The Labute approximate surface area is 150 Å². The molecule has 0 bridgehead atoms. The summed E-state index contributed by atoms with van der Waals surface area (Å²) >= 11 is 3.22. The standard InChI is InChI=1S/C19H20BrFN2O/c1-14-4-2-3-5-15(14)13-22-8-10-23(11-9-22)19(24)17-7-6-16(20)12-18(17)21/h2-7,12H,8-11,13H2,1H3/p+1. The highest BCUT2D eigenvalue weighted by atomic mass is 79.9. The molecule has 0 aromatic heterocycles. The van der Waals surface area contributed by atoms with Gasteiger partial charge in [-0.3, -0.25) is 4.79 Å². The lowest BCUT2D eigenvalue weighted by Crippen LogP contribution is -3.13. The molecule has 126 valence electrons. The van der Waals surface area contributed by atoms with E-state index in [1.807, 2.05) is 0 Å². The Hall–Kier alpha value is -1.72. The lowest BCUT2D eigenvalue weighted by molar-refractivity contribution is -0.917. The SMILES string of the molecule is Cc1ccccc1C[NH+]1CCN(C(=O)c2ccc(Br)cc2F)CC1. The van der Waals surface area contributed by atoms with Gasteiger partial charge in [0.2, 0.25) is 0 Å². The van der Waals surface area contributed by atoms with Gasteiger partial charge in [-0.25, -0.2) is 4.39 Å². The van der Waals surface area contributed by atoms with E-state index in [1.54, 1.807) is 17.0 Å². The van der Waals surface area contributed by atoms with Crippen molar-refractivity contribution in [3.8, 4) is 0 Å². The average molecular weight is 392 g/mol. The number of piperazine rings is 1. The molecule has 1 N–H and O–H groups in total. The number of quaternary nitrogens is 1. The molecule has 1 amide bonds. The van der Waals surface area contributed by atoms with Crippen molar-refractivity contribution >= 4 is 21.8 Å². The van der Waals surface area contributed by atoms with E-state index in [-0.39, 0.29) is 11.5 Å². The number of benzene rings is 2. The third kappa shape index (κ3) is 3.84. The molecule has 2 aromatic rings. The summed E-state index contributed by atoms with van der Waals surface area (Å²) in [5.41, 5.74) is 2.81. The smallest absolute Gasteiger partial charge is 0.257 e. The zero-order chi connectivity index (χ0) is 17.1. The molecular formula is C19H21BrFN2O+. The van der Waals surface area contributed by atoms with E-state index < -0.39 is 5.82 Å². The van der Waals surface area contributed by atoms with Crippen LogP contribution in [0.15, 0.2) is 46.9 Å². The molecule has 0 unspecified atom stereocenters. The van der Waals surface area contributed by atoms with Gasteiger partial charge in [-0.1, -0.05) is 40.2 Å². The Morgan fingerprint density at radius 3 is 2.58 bits per heavy atom. The number of halogens is 2. The lowest BCUT2D eigenvalue weighted by Gasteiger charge is -2.32. The maximum Gasteiger partial charge on any atom is 0.257 e. The third-order valence-corrected chi connectivity index (χ3v) is 5.11. The first-order valence-corrected chi connectivity index (χ1v) is 8.96. The molecule has 0 spiro atoms. The van der Waals surface area contributed by atoms with Crippen LogP contribution in [0.1, 0.15) is 21.5 Å². The maximum atomic E-state index is 14.0. The van der Waals surface area contributed by atoms with Crippen molar-refractivity contribution in [2.45, 2.75) is 13.5 Å². The normalized spacial score (nSPS) is 15.5. The monoisotopic (exact) mass is 391 g/mol. The average Bonchev–Trinajstić information content (AvgIpc) is 2.57. The predicted octanol–water partition coefficient (Wildman–Crippen LogP) is 2.44. The van der Waals surface area contributed by atoms with Crippen LogP contribution >= 0.6 is 15.9 Å². The zero-order valence-corrected chi connectivity index (χ0v) is 15.3. The van der Waals surface area contributed by atoms with Gasteiger partial charge >= 0.3 is 0 Å². The fourth-order valence-corrected chi connectivity index (χ4v) is 3.45. The molecule has 1 aliphatic heterocycles. The second kappa shape index (κ2) is 7.45. The van der Waals surface area contributed by atoms with E-state index >= 15 is 0 Å². The number of aryl methyl sites for hydroxylation is 1. The van der Waals surface area contributed by atoms with Gasteiger partial charge in [0.25, 0.3) is 5.91 Å². The molecule has 2 aromatic carbocycles. The van der Waals surface area contributed by atoms with Crippen LogP contribution < -0.4 is 4.90 Å².